The van der Waals surface area contributed by atoms with Gasteiger partial charge in [0.2, 0.25) is 0 Å². The second-order valence-corrected chi connectivity index (χ2v) is 4.20. The Morgan fingerprint density at radius 3 is 2.88 bits per heavy atom. The van der Waals surface area contributed by atoms with Gasteiger partial charge >= 0.3 is 5.97 Å². The van der Waals surface area contributed by atoms with E-state index in [-0.39, 0.29) is 0 Å². The van der Waals surface area contributed by atoms with Crippen molar-refractivity contribution < 1.29 is 19.7 Å². The molecule has 0 aromatic heterocycles. The van der Waals surface area contributed by atoms with Gasteiger partial charge in [-0.15, -0.1) is 0 Å². The molecule has 0 spiro atoms. The standard InChI is InChI=1S/C11H21NO4/c1-2-3-5-16-6-4-12-8-9(13)7-10(12)11(14)15/h9-10,13H,2-8H2,1H3,(H,14,15). The Kier molecular flexibility index (Phi) is 5.73. The lowest BCUT2D eigenvalue weighted by atomic mass is 10.2. The maximum absolute atomic E-state index is 10.9. The molecule has 1 saturated heterocycles. The van der Waals surface area contributed by atoms with Crippen molar-refractivity contribution in [3.63, 3.8) is 0 Å². The number of carboxylic acids is 1. The highest BCUT2D eigenvalue weighted by Crippen LogP contribution is 2.17. The summed E-state index contributed by atoms with van der Waals surface area (Å²) < 4.78 is 5.38. The molecule has 5 nitrogen and oxygen atoms in total. The van der Waals surface area contributed by atoms with Crippen molar-refractivity contribution in [2.45, 2.75) is 38.3 Å². The van der Waals surface area contributed by atoms with Gasteiger partial charge in [0.1, 0.15) is 6.04 Å². The van der Waals surface area contributed by atoms with Gasteiger partial charge in [0.15, 0.2) is 0 Å². The summed E-state index contributed by atoms with van der Waals surface area (Å²) in [7, 11) is 0. The van der Waals surface area contributed by atoms with Gasteiger partial charge < -0.3 is 14.9 Å². The third kappa shape index (κ3) is 4.08. The van der Waals surface area contributed by atoms with Crippen LogP contribution in [0.4, 0.5) is 0 Å². The van der Waals surface area contributed by atoms with Crippen molar-refractivity contribution in [3.05, 3.63) is 0 Å². The van der Waals surface area contributed by atoms with Crippen molar-refractivity contribution in [2.24, 2.45) is 0 Å². The molecule has 1 heterocycles. The number of β-amino-alcohol motifs (C(OH)–C–C–N with tert-alkyl or cyclic N) is 1. The fourth-order valence-corrected chi connectivity index (χ4v) is 1.91. The minimum Gasteiger partial charge on any atom is -0.480 e. The van der Waals surface area contributed by atoms with Crippen molar-refractivity contribution in [3.8, 4) is 0 Å². The van der Waals surface area contributed by atoms with E-state index < -0.39 is 18.1 Å². The predicted octanol–water partition coefficient (Wildman–Crippen LogP) is 0.323. The summed E-state index contributed by atoms with van der Waals surface area (Å²) in [4.78, 5) is 12.7. The Balaban J connectivity index is 2.21. The second-order valence-electron chi connectivity index (χ2n) is 4.20. The van der Waals surface area contributed by atoms with Gasteiger partial charge in [-0.2, -0.15) is 0 Å². The molecule has 1 aliphatic heterocycles. The molecule has 16 heavy (non-hydrogen) atoms. The highest BCUT2D eigenvalue weighted by Gasteiger charge is 2.35. The summed E-state index contributed by atoms with van der Waals surface area (Å²) in [6, 6.07) is -0.551. The quantitative estimate of drug-likeness (QED) is 0.618. The van der Waals surface area contributed by atoms with Gasteiger partial charge in [-0.1, -0.05) is 13.3 Å². The van der Waals surface area contributed by atoms with Gasteiger partial charge in [0, 0.05) is 26.1 Å². The number of hydrogen-bond donors (Lipinski definition) is 2. The summed E-state index contributed by atoms with van der Waals surface area (Å²) in [6.07, 6.45) is 1.94. The lowest BCUT2D eigenvalue weighted by Gasteiger charge is -2.20. The molecule has 2 atom stereocenters. The number of aliphatic hydroxyl groups is 1. The average molecular weight is 231 g/mol. The SMILES string of the molecule is CCCCOCCN1CC(O)CC1C(=O)O. The summed E-state index contributed by atoms with van der Waals surface area (Å²) in [6.45, 7) is 4.38. The largest absolute Gasteiger partial charge is 0.480 e. The number of carboxylic acid groups (broad SMARTS) is 1. The highest BCUT2D eigenvalue weighted by molar-refractivity contribution is 5.74. The molecule has 2 N–H and O–H groups in total. The zero-order valence-corrected chi connectivity index (χ0v) is 9.76. The second kappa shape index (κ2) is 6.83. The van der Waals surface area contributed by atoms with E-state index >= 15 is 0 Å². The summed E-state index contributed by atoms with van der Waals surface area (Å²) in [5, 5.41) is 18.4. The monoisotopic (exact) mass is 231 g/mol. The first-order chi connectivity index (χ1) is 7.65. The average Bonchev–Trinajstić information content (AvgIpc) is 2.59. The van der Waals surface area contributed by atoms with E-state index in [1.807, 2.05) is 0 Å². The Morgan fingerprint density at radius 2 is 2.25 bits per heavy atom. The zero-order chi connectivity index (χ0) is 12.0. The van der Waals surface area contributed by atoms with E-state index in [1.54, 1.807) is 4.90 Å². The van der Waals surface area contributed by atoms with E-state index in [0.717, 1.165) is 19.4 Å². The Labute approximate surface area is 96.0 Å². The summed E-state index contributed by atoms with van der Waals surface area (Å²) >= 11 is 0. The molecule has 1 fully saturated rings. The van der Waals surface area contributed by atoms with Gasteiger partial charge in [-0.25, -0.2) is 0 Å². The number of hydrogen-bond acceptors (Lipinski definition) is 4. The number of unbranched alkanes of at least 4 members (excludes halogenated alkanes) is 1. The first-order valence-corrected chi connectivity index (χ1v) is 5.87. The van der Waals surface area contributed by atoms with E-state index in [1.165, 1.54) is 0 Å². The van der Waals surface area contributed by atoms with Gasteiger partial charge in [-0.3, -0.25) is 9.69 Å². The van der Waals surface area contributed by atoms with Crippen LogP contribution in [0.3, 0.4) is 0 Å². The van der Waals surface area contributed by atoms with Crippen LogP contribution < -0.4 is 0 Å². The number of rotatable bonds is 7. The summed E-state index contributed by atoms with van der Waals surface area (Å²) in [5.41, 5.74) is 0. The third-order valence-corrected chi connectivity index (χ3v) is 2.83. The number of aliphatic carboxylic acids is 1. The highest BCUT2D eigenvalue weighted by atomic mass is 16.5. The van der Waals surface area contributed by atoms with Crippen molar-refractivity contribution in [1.29, 1.82) is 0 Å². The fraction of sp³-hybridized carbons (Fsp3) is 0.909. The molecule has 0 aliphatic carbocycles. The first-order valence-electron chi connectivity index (χ1n) is 5.87. The van der Waals surface area contributed by atoms with Crippen LogP contribution in [-0.2, 0) is 9.53 Å². The maximum Gasteiger partial charge on any atom is 0.321 e. The molecule has 1 rings (SSSR count). The van der Waals surface area contributed by atoms with Crippen LogP contribution in [0.1, 0.15) is 26.2 Å². The maximum atomic E-state index is 10.9. The lowest BCUT2D eigenvalue weighted by molar-refractivity contribution is -0.142. The molecule has 1 aliphatic rings. The Hall–Kier alpha value is -0.650. The smallest absolute Gasteiger partial charge is 0.321 e. The number of likely N-dealkylation sites (tertiary alicyclic amines) is 1. The van der Waals surface area contributed by atoms with Crippen LogP contribution in [-0.4, -0.2) is 59.5 Å². The molecule has 0 saturated carbocycles. The van der Waals surface area contributed by atoms with Gasteiger partial charge in [0.25, 0.3) is 0 Å². The van der Waals surface area contributed by atoms with Gasteiger partial charge in [-0.05, 0) is 6.42 Å². The van der Waals surface area contributed by atoms with E-state index in [4.69, 9.17) is 9.84 Å². The molecule has 0 bridgehead atoms. The molecule has 5 heteroatoms. The van der Waals surface area contributed by atoms with E-state index in [9.17, 15) is 9.90 Å². The van der Waals surface area contributed by atoms with Crippen LogP contribution in [0.2, 0.25) is 0 Å². The molecule has 94 valence electrons. The molecule has 0 radical (unpaired) electrons. The third-order valence-electron chi connectivity index (χ3n) is 2.83. The molecule has 0 aromatic rings. The minimum atomic E-state index is -0.856. The number of aliphatic hydroxyl groups excluding tert-OH is 1. The number of ether oxygens (including phenoxy) is 1. The van der Waals surface area contributed by atoms with Gasteiger partial charge in [0.05, 0.1) is 12.7 Å². The van der Waals surface area contributed by atoms with E-state index in [2.05, 4.69) is 6.92 Å². The molecular formula is C11H21NO4. The van der Waals surface area contributed by atoms with Crippen molar-refractivity contribution in [2.75, 3.05) is 26.3 Å². The predicted molar refractivity (Wildman–Crippen MR) is 59.3 cm³/mol. The van der Waals surface area contributed by atoms with E-state index in [0.29, 0.717) is 26.1 Å². The summed E-state index contributed by atoms with van der Waals surface area (Å²) in [5.74, 6) is -0.856. The van der Waals surface area contributed by atoms with Crippen LogP contribution in [0.5, 0.6) is 0 Å². The lowest BCUT2D eigenvalue weighted by Crippen LogP contribution is -2.38. The molecule has 2 unspecified atom stereocenters. The number of carbonyl (C=O) groups is 1. The Bertz CT molecular complexity index is 222. The molecular weight excluding hydrogens is 210 g/mol. The van der Waals surface area contributed by atoms with Crippen LogP contribution in [0.15, 0.2) is 0 Å². The zero-order valence-electron chi connectivity index (χ0n) is 9.76. The van der Waals surface area contributed by atoms with Crippen molar-refractivity contribution in [1.82, 2.24) is 4.90 Å². The normalized spacial score (nSPS) is 26.1. The molecule has 0 aromatic carbocycles. The topological polar surface area (TPSA) is 70.0 Å². The van der Waals surface area contributed by atoms with Crippen LogP contribution in [0.25, 0.3) is 0 Å². The number of nitrogens with zero attached hydrogens (tertiary/aromatic N) is 1. The fourth-order valence-electron chi connectivity index (χ4n) is 1.91. The minimum absolute atomic E-state index is 0.324. The molecule has 0 amide bonds. The van der Waals surface area contributed by atoms with Crippen LogP contribution >= 0.6 is 0 Å². The Morgan fingerprint density at radius 1 is 1.50 bits per heavy atom. The van der Waals surface area contributed by atoms with Crippen molar-refractivity contribution >= 4 is 5.97 Å². The van der Waals surface area contributed by atoms with Crippen LogP contribution in [0, 0.1) is 0 Å². The first kappa shape index (κ1) is 13.4.